The van der Waals surface area contributed by atoms with Crippen molar-refractivity contribution in [2.45, 2.75) is 19.5 Å². The van der Waals surface area contributed by atoms with Gasteiger partial charge in [-0.15, -0.1) is 11.3 Å². The Bertz CT molecular complexity index is 597. The molecule has 3 N–H and O–H groups in total. The van der Waals surface area contributed by atoms with Gasteiger partial charge in [-0.05, 0) is 36.1 Å². The van der Waals surface area contributed by atoms with Crippen molar-refractivity contribution in [2.75, 3.05) is 18.9 Å². The quantitative estimate of drug-likeness (QED) is 0.909. The predicted molar refractivity (Wildman–Crippen MR) is 81.4 cm³/mol. The van der Waals surface area contributed by atoms with Crippen molar-refractivity contribution in [3.8, 4) is 11.5 Å². The molecule has 0 fully saturated rings. The fourth-order valence-corrected chi connectivity index (χ4v) is 2.94. The highest BCUT2D eigenvalue weighted by Gasteiger charge is 2.14. The van der Waals surface area contributed by atoms with Gasteiger partial charge in [0.05, 0.1) is 0 Å². The standard InChI is InChI=1S/C15H18N2O2S/c1-10(17-9-15-12(16)4-7-20-15)11-2-3-13-14(8-11)19-6-5-18-13/h2-4,7-8,10,17H,5-6,9,16H2,1H3. The van der Waals surface area contributed by atoms with E-state index in [0.29, 0.717) is 13.2 Å². The lowest BCUT2D eigenvalue weighted by molar-refractivity contribution is 0.171. The van der Waals surface area contributed by atoms with E-state index in [0.717, 1.165) is 23.7 Å². The molecule has 1 aromatic heterocycles. The van der Waals surface area contributed by atoms with E-state index in [4.69, 9.17) is 15.2 Å². The molecule has 0 saturated heterocycles. The third-order valence-electron chi connectivity index (χ3n) is 3.41. The minimum atomic E-state index is 0.229. The molecular weight excluding hydrogens is 272 g/mol. The maximum atomic E-state index is 5.89. The highest BCUT2D eigenvalue weighted by molar-refractivity contribution is 7.10. The van der Waals surface area contributed by atoms with Crippen molar-refractivity contribution < 1.29 is 9.47 Å². The fraction of sp³-hybridized carbons (Fsp3) is 0.333. The van der Waals surface area contributed by atoms with Crippen molar-refractivity contribution >= 4 is 17.0 Å². The van der Waals surface area contributed by atoms with Gasteiger partial charge in [0.2, 0.25) is 0 Å². The summed E-state index contributed by atoms with van der Waals surface area (Å²) in [5.74, 6) is 1.66. The fourth-order valence-electron chi connectivity index (χ4n) is 2.19. The van der Waals surface area contributed by atoms with E-state index in [-0.39, 0.29) is 6.04 Å². The summed E-state index contributed by atoms with van der Waals surface area (Å²) in [5, 5.41) is 5.50. The molecule has 0 saturated carbocycles. The van der Waals surface area contributed by atoms with Crippen LogP contribution < -0.4 is 20.5 Å². The second-order valence-electron chi connectivity index (χ2n) is 4.80. The van der Waals surface area contributed by atoms with E-state index in [1.807, 2.05) is 23.6 Å². The van der Waals surface area contributed by atoms with Gasteiger partial charge in [0.1, 0.15) is 13.2 Å². The Balaban J connectivity index is 1.67. The van der Waals surface area contributed by atoms with Gasteiger partial charge in [0, 0.05) is 23.2 Å². The molecule has 0 bridgehead atoms. The highest BCUT2D eigenvalue weighted by Crippen LogP contribution is 2.32. The number of fused-ring (bicyclic) bond motifs is 1. The maximum absolute atomic E-state index is 5.89. The van der Waals surface area contributed by atoms with Crippen LogP contribution in [0.4, 0.5) is 5.69 Å². The van der Waals surface area contributed by atoms with Crippen molar-refractivity contribution in [3.05, 3.63) is 40.1 Å². The summed E-state index contributed by atoms with van der Waals surface area (Å²) in [5.41, 5.74) is 7.93. The third kappa shape index (κ3) is 2.73. The van der Waals surface area contributed by atoms with E-state index in [2.05, 4.69) is 18.3 Å². The molecule has 1 aromatic carbocycles. The molecular formula is C15H18N2O2S. The molecule has 0 aliphatic carbocycles. The van der Waals surface area contributed by atoms with Gasteiger partial charge in [0.25, 0.3) is 0 Å². The lowest BCUT2D eigenvalue weighted by atomic mass is 10.1. The minimum absolute atomic E-state index is 0.229. The van der Waals surface area contributed by atoms with Gasteiger partial charge in [-0.1, -0.05) is 6.07 Å². The number of benzene rings is 1. The zero-order chi connectivity index (χ0) is 13.9. The van der Waals surface area contributed by atoms with Crippen LogP contribution in [0, 0.1) is 0 Å². The van der Waals surface area contributed by atoms with Gasteiger partial charge in [0.15, 0.2) is 11.5 Å². The Morgan fingerprint density at radius 1 is 1.25 bits per heavy atom. The first-order valence-corrected chi connectivity index (χ1v) is 7.57. The lowest BCUT2D eigenvalue weighted by Crippen LogP contribution is -2.19. The molecule has 5 heteroatoms. The Kier molecular flexibility index (Phi) is 3.80. The van der Waals surface area contributed by atoms with Crippen LogP contribution in [-0.2, 0) is 6.54 Å². The van der Waals surface area contributed by atoms with Crippen LogP contribution in [0.25, 0.3) is 0 Å². The van der Waals surface area contributed by atoms with E-state index < -0.39 is 0 Å². The molecule has 4 nitrogen and oxygen atoms in total. The predicted octanol–water partition coefficient (Wildman–Crippen LogP) is 2.95. The van der Waals surface area contributed by atoms with Crippen molar-refractivity contribution in [1.29, 1.82) is 0 Å². The van der Waals surface area contributed by atoms with E-state index >= 15 is 0 Å². The summed E-state index contributed by atoms with van der Waals surface area (Å²) in [4.78, 5) is 1.18. The molecule has 20 heavy (non-hydrogen) atoms. The number of rotatable bonds is 4. The monoisotopic (exact) mass is 290 g/mol. The van der Waals surface area contributed by atoms with Crippen LogP contribution in [0.5, 0.6) is 11.5 Å². The molecule has 1 atom stereocenters. The first kappa shape index (κ1) is 13.3. The Morgan fingerprint density at radius 2 is 2.05 bits per heavy atom. The second-order valence-corrected chi connectivity index (χ2v) is 5.81. The van der Waals surface area contributed by atoms with Gasteiger partial charge in [-0.25, -0.2) is 0 Å². The zero-order valence-electron chi connectivity index (χ0n) is 11.4. The third-order valence-corrected chi connectivity index (χ3v) is 4.35. The molecule has 0 radical (unpaired) electrons. The molecule has 1 aliphatic heterocycles. The number of hydrogen-bond donors (Lipinski definition) is 2. The van der Waals surface area contributed by atoms with E-state index in [9.17, 15) is 0 Å². The van der Waals surface area contributed by atoms with Crippen molar-refractivity contribution in [3.63, 3.8) is 0 Å². The first-order valence-electron chi connectivity index (χ1n) is 6.69. The SMILES string of the molecule is CC(NCc1sccc1N)c1ccc2c(c1)OCCO2. The summed E-state index contributed by atoms with van der Waals surface area (Å²) < 4.78 is 11.1. The number of hydrogen-bond acceptors (Lipinski definition) is 5. The Hall–Kier alpha value is -1.72. The Labute approximate surface area is 122 Å². The molecule has 2 aromatic rings. The van der Waals surface area contributed by atoms with Crippen LogP contribution in [0.15, 0.2) is 29.6 Å². The number of ether oxygens (including phenoxy) is 2. The summed E-state index contributed by atoms with van der Waals surface area (Å²) in [6.45, 7) is 4.15. The largest absolute Gasteiger partial charge is 0.486 e. The number of nitrogens with two attached hydrogens (primary N) is 1. The van der Waals surface area contributed by atoms with Crippen molar-refractivity contribution in [1.82, 2.24) is 5.32 Å². The Morgan fingerprint density at radius 3 is 2.80 bits per heavy atom. The van der Waals surface area contributed by atoms with Gasteiger partial charge >= 0.3 is 0 Å². The molecule has 0 spiro atoms. The molecule has 106 valence electrons. The van der Waals surface area contributed by atoms with Gasteiger partial charge in [-0.2, -0.15) is 0 Å². The summed E-state index contributed by atoms with van der Waals surface area (Å²) >= 11 is 1.68. The molecule has 1 aliphatic rings. The summed E-state index contributed by atoms with van der Waals surface area (Å²) in [7, 11) is 0. The first-order chi connectivity index (χ1) is 9.74. The summed E-state index contributed by atoms with van der Waals surface area (Å²) in [6.07, 6.45) is 0. The van der Waals surface area contributed by atoms with E-state index in [1.165, 1.54) is 10.4 Å². The average Bonchev–Trinajstić information content (AvgIpc) is 2.89. The average molecular weight is 290 g/mol. The molecule has 2 heterocycles. The van der Waals surface area contributed by atoms with Gasteiger partial charge in [-0.3, -0.25) is 0 Å². The van der Waals surface area contributed by atoms with Crippen LogP contribution in [-0.4, -0.2) is 13.2 Å². The molecule has 0 amide bonds. The van der Waals surface area contributed by atoms with E-state index in [1.54, 1.807) is 11.3 Å². The van der Waals surface area contributed by atoms with Crippen LogP contribution in [0.2, 0.25) is 0 Å². The smallest absolute Gasteiger partial charge is 0.161 e. The summed E-state index contributed by atoms with van der Waals surface area (Å²) in [6, 6.07) is 8.26. The maximum Gasteiger partial charge on any atom is 0.161 e. The number of nitrogens with one attached hydrogen (secondary N) is 1. The highest BCUT2D eigenvalue weighted by atomic mass is 32.1. The van der Waals surface area contributed by atoms with Crippen molar-refractivity contribution in [2.24, 2.45) is 0 Å². The number of nitrogen functional groups attached to an aromatic ring is 1. The molecule has 3 rings (SSSR count). The van der Waals surface area contributed by atoms with Crippen LogP contribution >= 0.6 is 11.3 Å². The normalized spacial score (nSPS) is 15.1. The topological polar surface area (TPSA) is 56.5 Å². The minimum Gasteiger partial charge on any atom is -0.486 e. The lowest BCUT2D eigenvalue weighted by Gasteiger charge is -2.21. The van der Waals surface area contributed by atoms with Crippen LogP contribution in [0.1, 0.15) is 23.4 Å². The molecule has 1 unspecified atom stereocenters. The number of anilines is 1. The van der Waals surface area contributed by atoms with Crippen LogP contribution in [0.3, 0.4) is 0 Å². The zero-order valence-corrected chi connectivity index (χ0v) is 12.2. The second kappa shape index (κ2) is 5.73. The number of thiophene rings is 1. The van der Waals surface area contributed by atoms with Gasteiger partial charge < -0.3 is 20.5 Å².